The summed E-state index contributed by atoms with van der Waals surface area (Å²) in [6.07, 6.45) is 3.11. The summed E-state index contributed by atoms with van der Waals surface area (Å²) in [7, 11) is 0. The van der Waals surface area contributed by atoms with E-state index in [0.29, 0.717) is 11.3 Å². The SMILES string of the molecule is Nc1ccncc1CC(=O)c1cc(F)ccc1N. The molecule has 1 aromatic carbocycles. The minimum Gasteiger partial charge on any atom is -0.398 e. The average molecular weight is 245 g/mol. The first kappa shape index (κ1) is 12.0. The van der Waals surface area contributed by atoms with E-state index in [9.17, 15) is 9.18 Å². The van der Waals surface area contributed by atoms with Gasteiger partial charge in [0.2, 0.25) is 0 Å². The topological polar surface area (TPSA) is 82.0 Å². The van der Waals surface area contributed by atoms with Gasteiger partial charge in [0.05, 0.1) is 0 Å². The number of anilines is 2. The number of Topliss-reactive ketones (excluding diaryl/α,β-unsaturated/α-hetero) is 1. The predicted octanol–water partition coefficient (Wildman–Crippen LogP) is 1.81. The smallest absolute Gasteiger partial charge is 0.169 e. The molecule has 0 fully saturated rings. The van der Waals surface area contributed by atoms with Crippen molar-refractivity contribution in [3.05, 3.63) is 53.6 Å². The average Bonchev–Trinajstić information content (AvgIpc) is 2.35. The van der Waals surface area contributed by atoms with Gasteiger partial charge in [-0.05, 0) is 24.3 Å². The molecule has 1 heterocycles. The van der Waals surface area contributed by atoms with Gasteiger partial charge in [-0.2, -0.15) is 0 Å². The highest BCUT2D eigenvalue weighted by molar-refractivity contribution is 6.02. The molecule has 18 heavy (non-hydrogen) atoms. The maximum atomic E-state index is 13.1. The molecular formula is C13H12FN3O. The monoisotopic (exact) mass is 245 g/mol. The number of ketones is 1. The van der Waals surface area contributed by atoms with Crippen LogP contribution in [0, 0.1) is 5.82 Å². The van der Waals surface area contributed by atoms with Gasteiger partial charge in [-0.25, -0.2) is 4.39 Å². The number of nitrogens with zero attached hydrogens (tertiary/aromatic N) is 1. The van der Waals surface area contributed by atoms with E-state index in [-0.39, 0.29) is 23.5 Å². The summed E-state index contributed by atoms with van der Waals surface area (Å²) in [5.41, 5.74) is 12.9. The van der Waals surface area contributed by atoms with Crippen molar-refractivity contribution in [1.29, 1.82) is 0 Å². The maximum absolute atomic E-state index is 13.1. The third-order valence-electron chi connectivity index (χ3n) is 2.61. The van der Waals surface area contributed by atoms with E-state index in [1.807, 2.05) is 0 Å². The van der Waals surface area contributed by atoms with E-state index < -0.39 is 5.82 Å². The van der Waals surface area contributed by atoms with E-state index in [0.717, 1.165) is 6.07 Å². The van der Waals surface area contributed by atoms with Crippen molar-refractivity contribution in [2.45, 2.75) is 6.42 Å². The zero-order valence-electron chi connectivity index (χ0n) is 9.56. The Labute approximate surface area is 103 Å². The van der Waals surface area contributed by atoms with Gasteiger partial charge < -0.3 is 11.5 Å². The lowest BCUT2D eigenvalue weighted by atomic mass is 10.0. The van der Waals surface area contributed by atoms with Crippen LogP contribution in [0.4, 0.5) is 15.8 Å². The zero-order chi connectivity index (χ0) is 13.1. The van der Waals surface area contributed by atoms with E-state index >= 15 is 0 Å². The highest BCUT2D eigenvalue weighted by atomic mass is 19.1. The number of hydrogen-bond acceptors (Lipinski definition) is 4. The Morgan fingerprint density at radius 2 is 2.00 bits per heavy atom. The number of rotatable bonds is 3. The van der Waals surface area contributed by atoms with Crippen molar-refractivity contribution >= 4 is 17.2 Å². The lowest BCUT2D eigenvalue weighted by molar-refractivity contribution is 0.0993. The summed E-state index contributed by atoms with van der Waals surface area (Å²) in [5.74, 6) is -0.779. The molecule has 0 unspecified atom stereocenters. The summed E-state index contributed by atoms with van der Waals surface area (Å²) in [6, 6.07) is 5.32. The Hall–Kier alpha value is -2.43. The van der Waals surface area contributed by atoms with E-state index in [4.69, 9.17) is 11.5 Å². The van der Waals surface area contributed by atoms with Crippen LogP contribution in [-0.2, 0) is 6.42 Å². The Morgan fingerprint density at radius 3 is 2.72 bits per heavy atom. The molecule has 2 rings (SSSR count). The molecule has 5 heteroatoms. The fourth-order valence-corrected chi connectivity index (χ4v) is 1.62. The molecule has 92 valence electrons. The Bertz CT molecular complexity index is 599. The largest absolute Gasteiger partial charge is 0.398 e. The summed E-state index contributed by atoms with van der Waals surface area (Å²) in [4.78, 5) is 15.9. The molecule has 0 saturated heterocycles. The van der Waals surface area contributed by atoms with Crippen molar-refractivity contribution < 1.29 is 9.18 Å². The third-order valence-corrected chi connectivity index (χ3v) is 2.61. The molecule has 4 nitrogen and oxygen atoms in total. The number of carbonyl (C=O) groups excluding carboxylic acids is 1. The number of carbonyl (C=O) groups is 1. The number of benzene rings is 1. The molecule has 4 N–H and O–H groups in total. The first-order chi connectivity index (χ1) is 8.58. The number of nitrogens with two attached hydrogens (primary N) is 2. The molecule has 0 aliphatic heterocycles. The van der Waals surface area contributed by atoms with Gasteiger partial charge in [0.1, 0.15) is 5.82 Å². The van der Waals surface area contributed by atoms with Crippen molar-refractivity contribution in [3.8, 4) is 0 Å². The molecule has 0 amide bonds. The van der Waals surface area contributed by atoms with Crippen LogP contribution >= 0.6 is 0 Å². The maximum Gasteiger partial charge on any atom is 0.169 e. The van der Waals surface area contributed by atoms with Gasteiger partial charge in [0, 0.05) is 41.3 Å². The molecule has 2 aromatic rings. The molecule has 0 aliphatic rings. The number of aromatic nitrogens is 1. The molecule has 0 spiro atoms. The van der Waals surface area contributed by atoms with Crippen LogP contribution < -0.4 is 11.5 Å². The zero-order valence-corrected chi connectivity index (χ0v) is 9.56. The number of halogens is 1. The second kappa shape index (κ2) is 4.83. The van der Waals surface area contributed by atoms with Crippen LogP contribution in [0.3, 0.4) is 0 Å². The lowest BCUT2D eigenvalue weighted by Gasteiger charge is -2.06. The molecule has 0 atom stereocenters. The number of nitrogen functional groups attached to an aromatic ring is 2. The second-order valence-electron chi connectivity index (χ2n) is 3.91. The van der Waals surface area contributed by atoms with Gasteiger partial charge in [-0.1, -0.05) is 0 Å². The Kier molecular flexibility index (Phi) is 3.23. The van der Waals surface area contributed by atoms with Crippen LogP contribution in [0.2, 0.25) is 0 Å². The highest BCUT2D eigenvalue weighted by Gasteiger charge is 2.13. The Morgan fingerprint density at radius 1 is 1.22 bits per heavy atom. The van der Waals surface area contributed by atoms with E-state index in [1.165, 1.54) is 18.3 Å². The molecule has 1 aromatic heterocycles. The molecular weight excluding hydrogens is 233 g/mol. The van der Waals surface area contributed by atoms with Crippen LogP contribution in [0.5, 0.6) is 0 Å². The summed E-state index contributed by atoms with van der Waals surface area (Å²) in [6.45, 7) is 0. The quantitative estimate of drug-likeness (QED) is 0.638. The van der Waals surface area contributed by atoms with Crippen LogP contribution in [0.25, 0.3) is 0 Å². The second-order valence-corrected chi connectivity index (χ2v) is 3.91. The van der Waals surface area contributed by atoms with Crippen molar-refractivity contribution in [2.75, 3.05) is 11.5 Å². The fourth-order valence-electron chi connectivity index (χ4n) is 1.62. The number of hydrogen-bond donors (Lipinski definition) is 2. The molecule has 0 radical (unpaired) electrons. The summed E-state index contributed by atoms with van der Waals surface area (Å²) in [5, 5.41) is 0. The van der Waals surface area contributed by atoms with Crippen LogP contribution in [0.15, 0.2) is 36.7 Å². The molecule has 0 saturated carbocycles. The summed E-state index contributed by atoms with van der Waals surface area (Å²) < 4.78 is 13.1. The lowest BCUT2D eigenvalue weighted by Crippen LogP contribution is -2.09. The van der Waals surface area contributed by atoms with E-state index in [1.54, 1.807) is 12.3 Å². The number of pyridine rings is 1. The molecule has 0 aliphatic carbocycles. The standard InChI is InChI=1S/C13H12FN3O/c14-9-1-2-12(16)10(6-9)13(18)5-8-7-17-4-3-11(8)15/h1-4,6-7H,5,16H2,(H2,15,17). The minimum atomic E-state index is -0.494. The van der Waals surface area contributed by atoms with Gasteiger partial charge >= 0.3 is 0 Å². The van der Waals surface area contributed by atoms with Crippen LogP contribution in [0.1, 0.15) is 15.9 Å². The van der Waals surface area contributed by atoms with Crippen molar-refractivity contribution in [3.63, 3.8) is 0 Å². The van der Waals surface area contributed by atoms with Crippen molar-refractivity contribution in [1.82, 2.24) is 4.98 Å². The first-order valence-electron chi connectivity index (χ1n) is 5.34. The van der Waals surface area contributed by atoms with Gasteiger partial charge in [0.15, 0.2) is 5.78 Å². The van der Waals surface area contributed by atoms with Crippen LogP contribution in [-0.4, -0.2) is 10.8 Å². The first-order valence-corrected chi connectivity index (χ1v) is 5.34. The molecule has 0 bridgehead atoms. The van der Waals surface area contributed by atoms with E-state index in [2.05, 4.69) is 4.98 Å². The highest BCUT2D eigenvalue weighted by Crippen LogP contribution is 2.18. The fraction of sp³-hybridized carbons (Fsp3) is 0.0769. The third kappa shape index (κ3) is 2.45. The Balaban J connectivity index is 2.28. The van der Waals surface area contributed by atoms with Crippen molar-refractivity contribution in [2.24, 2.45) is 0 Å². The normalized spacial score (nSPS) is 10.3. The van der Waals surface area contributed by atoms with Gasteiger partial charge in [-0.15, -0.1) is 0 Å². The van der Waals surface area contributed by atoms with Gasteiger partial charge in [0.25, 0.3) is 0 Å². The summed E-state index contributed by atoms with van der Waals surface area (Å²) >= 11 is 0. The van der Waals surface area contributed by atoms with Gasteiger partial charge in [-0.3, -0.25) is 9.78 Å². The predicted molar refractivity (Wildman–Crippen MR) is 67.5 cm³/mol. The minimum absolute atomic E-state index is 0.0489.